The van der Waals surface area contributed by atoms with Crippen LogP contribution >= 0.6 is 0 Å². The van der Waals surface area contributed by atoms with Crippen LogP contribution in [0.15, 0.2) is 0 Å². The van der Waals surface area contributed by atoms with Gasteiger partial charge in [-0.15, -0.1) is 0 Å². The summed E-state index contributed by atoms with van der Waals surface area (Å²) in [6, 6.07) is 0. The minimum absolute atomic E-state index is 0. The molecule has 0 aliphatic carbocycles. The molecule has 0 aliphatic rings. The third kappa shape index (κ3) is 33.3. The summed E-state index contributed by atoms with van der Waals surface area (Å²) in [7, 11) is 0. The normalized spacial score (nSPS) is 0. The van der Waals surface area contributed by atoms with E-state index in [-0.39, 0.29) is 69.0 Å². The molecule has 0 rings (SSSR count). The van der Waals surface area contributed by atoms with E-state index in [1.807, 2.05) is 0 Å². The fraction of sp³-hybridized carbons (Fsp3) is 0. The van der Waals surface area contributed by atoms with Crippen molar-refractivity contribution >= 4 is 0 Å². The van der Waals surface area contributed by atoms with Gasteiger partial charge in [-0.05, 0) is 0 Å². The molecule has 0 fully saturated rings. The molecule has 0 aliphatic heterocycles. The maximum Gasteiger partial charge on any atom is 3.00 e. The van der Waals surface area contributed by atoms with Crippen molar-refractivity contribution in [2.75, 3.05) is 0 Å². The Hall–Kier alpha value is 1.33. The Morgan fingerprint density at radius 2 is 0.600 bits per heavy atom. The quantitative estimate of drug-likeness (QED) is 0.393. The van der Waals surface area contributed by atoms with E-state index in [0.717, 1.165) is 0 Å². The van der Waals surface area contributed by atoms with Crippen LogP contribution in [0.3, 0.4) is 0 Å². The molecule has 0 saturated carbocycles. The van der Waals surface area contributed by atoms with Crippen LogP contribution in [0.25, 0.3) is 0 Å². The molecule has 0 unspecified atom stereocenters. The van der Waals surface area contributed by atoms with Crippen molar-refractivity contribution in [3.63, 3.8) is 0 Å². The van der Waals surface area contributed by atoms with Crippen LogP contribution in [-0.4, -0.2) is 5.48 Å². The monoisotopic (exact) mass is 228 g/mol. The van der Waals surface area contributed by atoms with Crippen molar-refractivity contribution in [3.05, 3.63) is 0 Å². The van der Waals surface area contributed by atoms with Gasteiger partial charge in [-0.3, -0.25) is 0 Å². The largest absolute Gasteiger partial charge is 3.00 e. The summed E-state index contributed by atoms with van der Waals surface area (Å²) in [6.45, 7) is 0. The maximum atomic E-state index is 0. The van der Waals surface area contributed by atoms with E-state index < -0.39 is 0 Å². The van der Waals surface area contributed by atoms with Gasteiger partial charge in [-0.2, -0.15) is 0 Å². The van der Waals surface area contributed by atoms with Crippen molar-refractivity contribution in [2.24, 2.45) is 0 Å². The Bertz CT molecular complexity index is 6.85. The van der Waals surface area contributed by atoms with E-state index in [1.54, 1.807) is 0 Å². The molecule has 1 nitrogen and oxygen atoms in total. The Kier molecular flexibility index (Phi) is 1140. The molecule has 0 aromatic heterocycles. The molecule has 0 atom stereocenters. The molecule has 0 aromatic rings. The zero-order valence-electron chi connectivity index (χ0n) is 2.01. The zero-order chi connectivity index (χ0) is 0. The van der Waals surface area contributed by atoms with Crippen LogP contribution in [0.1, 0.15) is 0 Å². The van der Waals surface area contributed by atoms with Gasteiger partial charge >= 0.3 is 49.4 Å². The van der Waals surface area contributed by atoms with Gasteiger partial charge in [-0.1, -0.05) is 0 Å². The van der Waals surface area contributed by atoms with Gasteiger partial charge in [0.05, 0.1) is 0 Å². The van der Waals surface area contributed by atoms with Crippen LogP contribution in [0.4, 0.5) is 0 Å². The van der Waals surface area contributed by atoms with E-state index in [9.17, 15) is 0 Å². The second kappa shape index (κ2) is 56.3. The number of halogens is 3. The molecule has 36 valence electrons. The fourth-order valence-electron chi connectivity index (χ4n) is 0. The van der Waals surface area contributed by atoms with Gasteiger partial charge in [0.1, 0.15) is 0 Å². The van der Waals surface area contributed by atoms with Crippen LogP contribution in [0.2, 0.25) is 0 Å². The summed E-state index contributed by atoms with van der Waals surface area (Å²) >= 11 is 0. The SMILES string of the molecule is O.[Eu+3].[F-].[F-].[F-]. The summed E-state index contributed by atoms with van der Waals surface area (Å²) in [5, 5.41) is 0. The summed E-state index contributed by atoms with van der Waals surface area (Å²) in [4.78, 5) is 0. The molecule has 0 aromatic carbocycles. The van der Waals surface area contributed by atoms with Crippen LogP contribution in [0, 0.1) is 49.4 Å². The summed E-state index contributed by atoms with van der Waals surface area (Å²) in [5.41, 5.74) is 0. The standard InChI is InChI=1S/Eu.3FH.H2O/h;3*1H;1H2/q+3;;;;/p-3. The van der Waals surface area contributed by atoms with Crippen LogP contribution in [-0.2, 0) is 0 Å². The molecule has 0 bridgehead atoms. The molecule has 2 N–H and O–H groups in total. The first-order chi connectivity index (χ1) is 0. The number of hydrogen-bond acceptors (Lipinski definition) is 0. The third-order valence-corrected chi connectivity index (χ3v) is 0. The first-order valence-corrected chi connectivity index (χ1v) is 0. The first-order valence-electron chi connectivity index (χ1n) is 0. The molecule has 0 heterocycles. The summed E-state index contributed by atoms with van der Waals surface area (Å²) < 4.78 is 0. The van der Waals surface area contributed by atoms with Crippen LogP contribution in [0.5, 0.6) is 0 Å². The van der Waals surface area contributed by atoms with E-state index in [2.05, 4.69) is 0 Å². The average Bonchev–Trinajstić information content (AvgIpc) is 0. The summed E-state index contributed by atoms with van der Waals surface area (Å²) in [6.07, 6.45) is 0. The fourth-order valence-corrected chi connectivity index (χ4v) is 0. The average molecular weight is 227 g/mol. The number of hydrogen-bond donors (Lipinski definition) is 0. The van der Waals surface area contributed by atoms with Gasteiger partial charge < -0.3 is 19.6 Å². The van der Waals surface area contributed by atoms with Crippen molar-refractivity contribution in [3.8, 4) is 0 Å². The van der Waals surface area contributed by atoms with Crippen molar-refractivity contribution < 1.29 is 69.0 Å². The third-order valence-electron chi connectivity index (χ3n) is 0. The van der Waals surface area contributed by atoms with E-state index in [1.165, 1.54) is 0 Å². The molecular weight excluding hydrogens is 225 g/mol. The first kappa shape index (κ1) is 101. The van der Waals surface area contributed by atoms with Gasteiger partial charge in [0, 0.05) is 0 Å². The maximum absolute atomic E-state index is 0. The summed E-state index contributed by atoms with van der Waals surface area (Å²) in [5.74, 6) is 0. The topological polar surface area (TPSA) is 31.5 Å². The molecule has 5 heavy (non-hydrogen) atoms. The van der Waals surface area contributed by atoms with Crippen LogP contribution < -0.4 is 14.1 Å². The number of rotatable bonds is 0. The molecule has 0 saturated heterocycles. The Morgan fingerprint density at radius 1 is 0.600 bits per heavy atom. The Morgan fingerprint density at radius 3 is 0.600 bits per heavy atom. The molecule has 0 amide bonds. The van der Waals surface area contributed by atoms with Gasteiger partial charge in [0.25, 0.3) is 0 Å². The Balaban J connectivity index is 0. The molecule has 0 spiro atoms. The second-order valence-electron chi connectivity index (χ2n) is 0. The van der Waals surface area contributed by atoms with E-state index in [0.29, 0.717) is 0 Å². The van der Waals surface area contributed by atoms with Crippen molar-refractivity contribution in [1.82, 2.24) is 0 Å². The second-order valence-corrected chi connectivity index (χ2v) is 0. The predicted octanol–water partition coefficient (Wildman–Crippen LogP) is -9.81. The Labute approximate surface area is 68.1 Å². The van der Waals surface area contributed by atoms with E-state index >= 15 is 0 Å². The van der Waals surface area contributed by atoms with Crippen molar-refractivity contribution in [1.29, 1.82) is 0 Å². The van der Waals surface area contributed by atoms with Crippen molar-refractivity contribution in [2.45, 2.75) is 0 Å². The van der Waals surface area contributed by atoms with Gasteiger partial charge in [-0.25, -0.2) is 0 Å². The molecule has 0 radical (unpaired) electrons. The minimum atomic E-state index is 0. The smallest absolute Gasteiger partial charge is 1.00 e. The predicted molar refractivity (Wildman–Crippen MR) is 3.61 cm³/mol. The van der Waals surface area contributed by atoms with Gasteiger partial charge in [0.15, 0.2) is 0 Å². The minimum Gasteiger partial charge on any atom is -1.00 e. The van der Waals surface area contributed by atoms with E-state index in [4.69, 9.17) is 0 Å². The molecular formula is H2EuF3O. The molecule has 5 heteroatoms. The van der Waals surface area contributed by atoms with Gasteiger partial charge in [0.2, 0.25) is 0 Å². The zero-order valence-corrected chi connectivity index (χ0v) is 4.44.